The van der Waals surface area contributed by atoms with Crippen LogP contribution >= 0.6 is 11.3 Å². The predicted octanol–water partition coefficient (Wildman–Crippen LogP) is 2.50. The highest BCUT2D eigenvalue weighted by molar-refractivity contribution is 7.09. The quantitative estimate of drug-likeness (QED) is 0.820. The van der Waals surface area contributed by atoms with Crippen LogP contribution in [0.1, 0.15) is 35.9 Å². The highest BCUT2D eigenvalue weighted by Crippen LogP contribution is 2.32. The van der Waals surface area contributed by atoms with Gasteiger partial charge in [0.05, 0.1) is 6.54 Å². The fraction of sp³-hybridized carbons (Fsp3) is 0.611. The average Bonchev–Trinajstić information content (AvgIpc) is 3.26. The number of aromatic nitrogens is 2. The van der Waals surface area contributed by atoms with Gasteiger partial charge < -0.3 is 9.32 Å². The van der Waals surface area contributed by atoms with E-state index in [0.717, 1.165) is 38.9 Å². The maximum Gasteiger partial charge on any atom is 0.230 e. The van der Waals surface area contributed by atoms with Crippen LogP contribution in [0.25, 0.3) is 0 Å². The van der Waals surface area contributed by atoms with Crippen molar-refractivity contribution in [2.24, 2.45) is 5.92 Å². The number of nitrogens with zero attached hydrogens (tertiary/aromatic N) is 4. The first-order valence-electron chi connectivity index (χ1n) is 9.02. The van der Waals surface area contributed by atoms with Gasteiger partial charge in [0, 0.05) is 43.9 Å². The first-order valence-corrected chi connectivity index (χ1v) is 9.90. The van der Waals surface area contributed by atoms with Crippen molar-refractivity contribution in [1.82, 2.24) is 20.0 Å². The number of fused-ring (bicyclic) bond motifs is 1. The lowest BCUT2D eigenvalue weighted by Crippen LogP contribution is -2.56. The maximum absolute atomic E-state index is 12.5. The van der Waals surface area contributed by atoms with Crippen LogP contribution in [0, 0.1) is 12.8 Å². The van der Waals surface area contributed by atoms with Gasteiger partial charge in [0.1, 0.15) is 0 Å². The molecule has 2 aromatic rings. The number of rotatable bonds is 5. The van der Waals surface area contributed by atoms with Crippen molar-refractivity contribution in [3.05, 3.63) is 34.2 Å². The second-order valence-electron chi connectivity index (χ2n) is 7.02. The molecular formula is C18H24N4O2S. The summed E-state index contributed by atoms with van der Waals surface area (Å²) in [5.41, 5.74) is 0. The summed E-state index contributed by atoms with van der Waals surface area (Å²) in [4.78, 5) is 18.4. The molecule has 2 atom stereocenters. The van der Waals surface area contributed by atoms with Gasteiger partial charge in [-0.25, -0.2) is 0 Å². The van der Waals surface area contributed by atoms with E-state index in [0.29, 0.717) is 42.6 Å². The maximum atomic E-state index is 12.5. The largest absolute Gasteiger partial charge is 0.424 e. The standard InChI is InChI=1S/C18H24N4O2S/c1-13-19-20-17(24-13)12-21-8-7-16-14(11-21)4-5-18(23)22(16)9-6-15-3-2-10-25-15/h2-3,10,14,16H,4-9,11-12H2,1H3/t14-,16+/m0/s1. The van der Waals surface area contributed by atoms with Crippen LogP contribution in [0.2, 0.25) is 0 Å². The van der Waals surface area contributed by atoms with Gasteiger partial charge in [-0.05, 0) is 36.6 Å². The number of likely N-dealkylation sites (tertiary alicyclic amines) is 2. The molecule has 2 aliphatic heterocycles. The second kappa shape index (κ2) is 7.25. The molecule has 6 nitrogen and oxygen atoms in total. The minimum atomic E-state index is 0.332. The van der Waals surface area contributed by atoms with Gasteiger partial charge in [-0.1, -0.05) is 6.07 Å². The molecule has 0 bridgehead atoms. The zero-order chi connectivity index (χ0) is 17.2. The Kier molecular flexibility index (Phi) is 4.85. The summed E-state index contributed by atoms with van der Waals surface area (Å²) in [6, 6.07) is 4.63. The van der Waals surface area contributed by atoms with E-state index in [1.54, 1.807) is 11.3 Å². The first kappa shape index (κ1) is 16.7. The number of thiophene rings is 1. The van der Waals surface area contributed by atoms with E-state index in [1.165, 1.54) is 4.88 Å². The van der Waals surface area contributed by atoms with Crippen LogP contribution in [0.15, 0.2) is 21.9 Å². The molecular weight excluding hydrogens is 336 g/mol. The third-order valence-corrected chi connectivity index (χ3v) is 6.27. The van der Waals surface area contributed by atoms with Crippen molar-refractivity contribution in [2.45, 2.75) is 45.2 Å². The minimum Gasteiger partial charge on any atom is -0.424 e. The SMILES string of the molecule is Cc1nnc(CN2CC[C@@H]3[C@@H](CCC(=O)N3CCc3cccs3)C2)o1. The smallest absolute Gasteiger partial charge is 0.230 e. The molecule has 0 unspecified atom stereocenters. The van der Waals surface area contributed by atoms with Crippen LogP contribution in [0.5, 0.6) is 0 Å². The number of piperidine rings is 2. The summed E-state index contributed by atoms with van der Waals surface area (Å²) in [6.45, 7) is 5.37. The highest BCUT2D eigenvalue weighted by atomic mass is 32.1. The molecule has 25 heavy (non-hydrogen) atoms. The van der Waals surface area contributed by atoms with Crippen molar-refractivity contribution in [2.75, 3.05) is 19.6 Å². The lowest BCUT2D eigenvalue weighted by Gasteiger charge is -2.47. The van der Waals surface area contributed by atoms with Gasteiger partial charge in [0.25, 0.3) is 0 Å². The van der Waals surface area contributed by atoms with Gasteiger partial charge in [0.15, 0.2) is 0 Å². The predicted molar refractivity (Wildman–Crippen MR) is 95.2 cm³/mol. The molecule has 134 valence electrons. The molecule has 2 aliphatic rings. The van der Waals surface area contributed by atoms with Gasteiger partial charge in [-0.15, -0.1) is 21.5 Å². The Hall–Kier alpha value is -1.73. The van der Waals surface area contributed by atoms with E-state index >= 15 is 0 Å². The summed E-state index contributed by atoms with van der Waals surface area (Å²) in [5.74, 6) is 2.20. The highest BCUT2D eigenvalue weighted by Gasteiger charge is 2.39. The molecule has 2 fully saturated rings. The fourth-order valence-electron chi connectivity index (χ4n) is 4.14. The van der Waals surface area contributed by atoms with Crippen molar-refractivity contribution in [3.63, 3.8) is 0 Å². The molecule has 2 aromatic heterocycles. The van der Waals surface area contributed by atoms with E-state index in [9.17, 15) is 4.79 Å². The van der Waals surface area contributed by atoms with Crippen LogP contribution in [0.4, 0.5) is 0 Å². The number of aryl methyl sites for hydroxylation is 1. The Labute approximate surface area is 151 Å². The molecule has 0 saturated carbocycles. The van der Waals surface area contributed by atoms with Gasteiger partial charge in [-0.3, -0.25) is 9.69 Å². The number of amides is 1. The minimum absolute atomic E-state index is 0.332. The zero-order valence-corrected chi connectivity index (χ0v) is 15.4. The Bertz CT molecular complexity index is 714. The number of hydrogen-bond acceptors (Lipinski definition) is 6. The average molecular weight is 360 g/mol. The van der Waals surface area contributed by atoms with E-state index in [2.05, 4.69) is 37.5 Å². The monoisotopic (exact) mass is 360 g/mol. The van der Waals surface area contributed by atoms with Gasteiger partial charge in [0.2, 0.25) is 17.7 Å². The third-order valence-electron chi connectivity index (χ3n) is 5.33. The van der Waals surface area contributed by atoms with Crippen molar-refractivity contribution < 1.29 is 9.21 Å². The summed E-state index contributed by atoms with van der Waals surface area (Å²) < 4.78 is 5.51. The second-order valence-corrected chi connectivity index (χ2v) is 8.05. The molecule has 0 radical (unpaired) electrons. The Balaban J connectivity index is 1.37. The van der Waals surface area contributed by atoms with Crippen LogP contribution < -0.4 is 0 Å². The van der Waals surface area contributed by atoms with Gasteiger partial charge in [-0.2, -0.15) is 0 Å². The molecule has 1 amide bonds. The molecule has 2 saturated heterocycles. The summed E-state index contributed by atoms with van der Waals surface area (Å²) in [5, 5.41) is 10.1. The zero-order valence-electron chi connectivity index (χ0n) is 14.6. The number of hydrogen-bond donors (Lipinski definition) is 0. The fourth-order valence-corrected chi connectivity index (χ4v) is 4.84. The number of carbonyl (C=O) groups excluding carboxylic acids is 1. The molecule has 7 heteroatoms. The molecule has 4 rings (SSSR count). The summed E-state index contributed by atoms with van der Waals surface area (Å²) in [7, 11) is 0. The Morgan fingerprint density at radius 2 is 2.28 bits per heavy atom. The van der Waals surface area contributed by atoms with Crippen molar-refractivity contribution in [3.8, 4) is 0 Å². The van der Waals surface area contributed by atoms with Crippen LogP contribution in [-0.4, -0.2) is 51.6 Å². The lowest BCUT2D eigenvalue weighted by atomic mass is 9.83. The lowest BCUT2D eigenvalue weighted by molar-refractivity contribution is -0.141. The molecule has 0 aliphatic carbocycles. The van der Waals surface area contributed by atoms with Gasteiger partial charge >= 0.3 is 0 Å². The molecule has 0 spiro atoms. The summed E-state index contributed by atoms with van der Waals surface area (Å²) in [6.07, 6.45) is 3.68. The van der Waals surface area contributed by atoms with E-state index in [1.807, 2.05) is 6.92 Å². The molecule has 0 N–H and O–H groups in total. The summed E-state index contributed by atoms with van der Waals surface area (Å²) >= 11 is 1.78. The third kappa shape index (κ3) is 3.77. The Morgan fingerprint density at radius 1 is 1.36 bits per heavy atom. The van der Waals surface area contributed by atoms with E-state index < -0.39 is 0 Å². The normalized spacial score (nSPS) is 24.5. The first-order chi connectivity index (χ1) is 12.2. The molecule has 0 aromatic carbocycles. The Morgan fingerprint density at radius 3 is 3.04 bits per heavy atom. The van der Waals surface area contributed by atoms with Crippen molar-refractivity contribution in [1.29, 1.82) is 0 Å². The van der Waals surface area contributed by atoms with Crippen molar-refractivity contribution >= 4 is 17.2 Å². The van der Waals surface area contributed by atoms with E-state index in [4.69, 9.17) is 4.42 Å². The number of carbonyl (C=O) groups is 1. The molecule has 4 heterocycles. The van der Waals surface area contributed by atoms with E-state index in [-0.39, 0.29) is 0 Å². The van der Waals surface area contributed by atoms with Crippen LogP contribution in [0.3, 0.4) is 0 Å². The topological polar surface area (TPSA) is 62.5 Å². The van der Waals surface area contributed by atoms with Crippen LogP contribution in [-0.2, 0) is 17.8 Å².